The first-order valence-electron chi connectivity index (χ1n) is 7.20. The summed E-state index contributed by atoms with van der Waals surface area (Å²) in [7, 11) is 1.31. The van der Waals surface area contributed by atoms with E-state index in [1.807, 2.05) is 30.5 Å². The summed E-state index contributed by atoms with van der Waals surface area (Å²) >= 11 is 0. The number of nitrogens with one attached hydrogen (secondary N) is 2. The molecule has 0 aliphatic carbocycles. The Labute approximate surface area is 133 Å². The molecule has 0 fully saturated rings. The van der Waals surface area contributed by atoms with Crippen molar-refractivity contribution in [2.45, 2.75) is 6.42 Å². The van der Waals surface area contributed by atoms with E-state index in [1.54, 1.807) is 24.3 Å². The minimum absolute atomic E-state index is 0.188. The average Bonchev–Trinajstić information content (AvgIpc) is 3.02. The first-order valence-corrected chi connectivity index (χ1v) is 7.20. The zero-order valence-electron chi connectivity index (χ0n) is 12.6. The Morgan fingerprint density at radius 2 is 1.96 bits per heavy atom. The second kappa shape index (κ2) is 6.36. The predicted molar refractivity (Wildman–Crippen MR) is 88.4 cm³/mol. The van der Waals surface area contributed by atoms with Crippen LogP contribution in [0.3, 0.4) is 0 Å². The number of fused-ring (bicyclic) bond motifs is 1. The molecule has 5 heteroatoms. The molecule has 116 valence electrons. The van der Waals surface area contributed by atoms with Crippen LogP contribution in [0.5, 0.6) is 0 Å². The molecule has 0 radical (unpaired) electrons. The molecule has 0 bridgehead atoms. The van der Waals surface area contributed by atoms with Gasteiger partial charge in [0.05, 0.1) is 24.8 Å². The maximum Gasteiger partial charge on any atom is 0.339 e. The number of anilines is 1. The molecule has 2 aromatic carbocycles. The number of carbonyl (C=O) groups excluding carboxylic acids is 2. The van der Waals surface area contributed by atoms with Gasteiger partial charge in [-0.05, 0) is 35.2 Å². The normalized spacial score (nSPS) is 10.5. The van der Waals surface area contributed by atoms with E-state index in [2.05, 4.69) is 10.3 Å². The topological polar surface area (TPSA) is 71.2 Å². The molecule has 1 amide bonds. The van der Waals surface area contributed by atoms with Gasteiger partial charge in [0.2, 0.25) is 5.91 Å². The number of benzene rings is 2. The number of amides is 1. The fraction of sp³-hybridized carbons (Fsp3) is 0.111. The van der Waals surface area contributed by atoms with E-state index >= 15 is 0 Å². The average molecular weight is 308 g/mol. The van der Waals surface area contributed by atoms with E-state index in [0.717, 1.165) is 16.5 Å². The summed E-state index contributed by atoms with van der Waals surface area (Å²) < 4.78 is 4.72. The van der Waals surface area contributed by atoms with Crippen LogP contribution in [0.15, 0.2) is 54.7 Å². The number of carbonyl (C=O) groups is 2. The second-order valence-corrected chi connectivity index (χ2v) is 5.16. The van der Waals surface area contributed by atoms with Crippen LogP contribution >= 0.6 is 0 Å². The lowest BCUT2D eigenvalue weighted by molar-refractivity contribution is -0.115. The van der Waals surface area contributed by atoms with Crippen molar-refractivity contribution in [3.8, 4) is 0 Å². The van der Waals surface area contributed by atoms with E-state index in [9.17, 15) is 9.59 Å². The van der Waals surface area contributed by atoms with E-state index in [4.69, 9.17) is 4.74 Å². The van der Waals surface area contributed by atoms with Crippen LogP contribution in [0.2, 0.25) is 0 Å². The van der Waals surface area contributed by atoms with Crippen molar-refractivity contribution in [1.82, 2.24) is 4.98 Å². The molecule has 5 nitrogen and oxygen atoms in total. The molecule has 0 atom stereocenters. The monoisotopic (exact) mass is 308 g/mol. The van der Waals surface area contributed by atoms with Gasteiger partial charge >= 0.3 is 5.97 Å². The molecule has 0 saturated carbocycles. The molecule has 3 rings (SSSR count). The highest BCUT2D eigenvalue weighted by molar-refractivity contribution is 6.01. The molecule has 1 aromatic heterocycles. The van der Waals surface area contributed by atoms with Crippen molar-refractivity contribution in [2.75, 3.05) is 12.4 Å². The summed E-state index contributed by atoms with van der Waals surface area (Å²) in [6.45, 7) is 0. The molecule has 2 N–H and O–H groups in total. The molecule has 0 saturated heterocycles. The van der Waals surface area contributed by atoms with Gasteiger partial charge in [-0.15, -0.1) is 0 Å². The Hall–Kier alpha value is -3.08. The van der Waals surface area contributed by atoms with E-state index in [0.29, 0.717) is 11.3 Å². The Morgan fingerprint density at radius 1 is 1.13 bits per heavy atom. The molecule has 1 heterocycles. The Morgan fingerprint density at radius 3 is 2.78 bits per heavy atom. The van der Waals surface area contributed by atoms with Gasteiger partial charge in [-0.3, -0.25) is 4.79 Å². The quantitative estimate of drug-likeness (QED) is 0.727. The Balaban J connectivity index is 1.75. The van der Waals surface area contributed by atoms with Crippen LogP contribution in [0.25, 0.3) is 10.9 Å². The molecular formula is C18H16N2O3. The van der Waals surface area contributed by atoms with Gasteiger partial charge in [-0.2, -0.15) is 0 Å². The maximum atomic E-state index is 12.2. The number of aromatic nitrogens is 1. The summed E-state index contributed by atoms with van der Waals surface area (Å²) in [5, 5.41) is 3.87. The standard InChI is InChI=1S/C18H16N2O3/c1-23-18(22)14-4-2-3-5-15(14)20-17(21)11-12-6-7-13-8-9-19-16(13)10-12/h2-10,19H,11H2,1H3,(H,20,21). The van der Waals surface area contributed by atoms with Gasteiger partial charge in [-0.1, -0.05) is 24.3 Å². The van der Waals surface area contributed by atoms with Crippen LogP contribution in [0.1, 0.15) is 15.9 Å². The minimum atomic E-state index is -0.478. The van der Waals surface area contributed by atoms with Gasteiger partial charge in [0.25, 0.3) is 0 Å². The molecule has 23 heavy (non-hydrogen) atoms. The largest absolute Gasteiger partial charge is 0.465 e. The van der Waals surface area contributed by atoms with Gasteiger partial charge in [-0.25, -0.2) is 4.79 Å². The minimum Gasteiger partial charge on any atom is -0.465 e. The first-order chi connectivity index (χ1) is 11.2. The van der Waals surface area contributed by atoms with Crippen molar-refractivity contribution < 1.29 is 14.3 Å². The molecule has 0 aliphatic rings. The van der Waals surface area contributed by atoms with Crippen molar-refractivity contribution in [1.29, 1.82) is 0 Å². The fourth-order valence-corrected chi connectivity index (χ4v) is 2.46. The summed E-state index contributed by atoms with van der Waals surface area (Å²) in [4.78, 5) is 27.1. The Kier molecular flexibility index (Phi) is 4.10. The number of aromatic amines is 1. The number of para-hydroxylation sites is 1. The zero-order valence-corrected chi connectivity index (χ0v) is 12.6. The number of hydrogen-bond donors (Lipinski definition) is 2. The number of hydrogen-bond acceptors (Lipinski definition) is 3. The third-order valence-electron chi connectivity index (χ3n) is 3.59. The third kappa shape index (κ3) is 3.23. The number of rotatable bonds is 4. The van der Waals surface area contributed by atoms with Crippen molar-refractivity contribution in [2.24, 2.45) is 0 Å². The van der Waals surface area contributed by atoms with Crippen LogP contribution < -0.4 is 5.32 Å². The first kappa shape index (κ1) is 14.8. The summed E-state index contributed by atoms with van der Waals surface area (Å²) in [6, 6.07) is 14.6. The second-order valence-electron chi connectivity index (χ2n) is 5.16. The molecule has 0 unspecified atom stereocenters. The summed E-state index contributed by atoms with van der Waals surface area (Å²) in [6.07, 6.45) is 2.09. The van der Waals surface area contributed by atoms with Crippen LogP contribution in [0, 0.1) is 0 Å². The van der Waals surface area contributed by atoms with Crippen LogP contribution in [-0.4, -0.2) is 24.0 Å². The van der Waals surface area contributed by atoms with Crippen LogP contribution in [-0.2, 0) is 16.0 Å². The lowest BCUT2D eigenvalue weighted by atomic mass is 10.1. The summed E-state index contributed by atoms with van der Waals surface area (Å²) in [5.41, 5.74) is 2.67. The highest BCUT2D eigenvalue weighted by atomic mass is 16.5. The highest BCUT2D eigenvalue weighted by Gasteiger charge is 2.13. The van der Waals surface area contributed by atoms with E-state index in [-0.39, 0.29) is 12.3 Å². The van der Waals surface area contributed by atoms with Crippen LogP contribution in [0.4, 0.5) is 5.69 Å². The van der Waals surface area contributed by atoms with E-state index in [1.165, 1.54) is 7.11 Å². The fourth-order valence-electron chi connectivity index (χ4n) is 2.46. The van der Waals surface area contributed by atoms with Gasteiger partial charge in [0, 0.05) is 11.7 Å². The van der Waals surface area contributed by atoms with Crippen molar-refractivity contribution in [3.05, 3.63) is 65.9 Å². The Bertz CT molecular complexity index is 867. The number of H-pyrrole nitrogens is 1. The maximum absolute atomic E-state index is 12.2. The third-order valence-corrected chi connectivity index (χ3v) is 3.59. The zero-order chi connectivity index (χ0) is 16.2. The SMILES string of the molecule is COC(=O)c1ccccc1NC(=O)Cc1ccc2cc[nH]c2c1. The van der Waals surface area contributed by atoms with Crippen molar-refractivity contribution >= 4 is 28.5 Å². The smallest absolute Gasteiger partial charge is 0.339 e. The van der Waals surface area contributed by atoms with Gasteiger partial charge in [0.15, 0.2) is 0 Å². The number of ether oxygens (including phenoxy) is 1. The molecule has 3 aromatic rings. The van der Waals surface area contributed by atoms with Gasteiger partial charge in [0.1, 0.15) is 0 Å². The predicted octanol–water partition coefficient (Wildman–Crippen LogP) is 3.14. The van der Waals surface area contributed by atoms with Crippen molar-refractivity contribution in [3.63, 3.8) is 0 Å². The number of methoxy groups -OCH3 is 1. The molecule has 0 aliphatic heterocycles. The summed E-state index contributed by atoms with van der Waals surface area (Å²) in [5.74, 6) is -0.666. The lowest BCUT2D eigenvalue weighted by Crippen LogP contribution is -2.17. The lowest BCUT2D eigenvalue weighted by Gasteiger charge is -2.09. The molecular weight excluding hydrogens is 292 g/mol. The van der Waals surface area contributed by atoms with E-state index < -0.39 is 5.97 Å². The number of esters is 1. The van der Waals surface area contributed by atoms with Gasteiger partial charge < -0.3 is 15.0 Å². The highest BCUT2D eigenvalue weighted by Crippen LogP contribution is 2.18. The molecule has 0 spiro atoms.